The van der Waals surface area contributed by atoms with E-state index in [4.69, 9.17) is 9.47 Å². The molecule has 0 amide bonds. The number of benzene rings is 1. The maximum absolute atomic E-state index is 10.1. The second kappa shape index (κ2) is 8.64. The predicted molar refractivity (Wildman–Crippen MR) is 92.0 cm³/mol. The summed E-state index contributed by atoms with van der Waals surface area (Å²) in [6.45, 7) is 11.7. The van der Waals surface area contributed by atoms with Gasteiger partial charge in [-0.25, -0.2) is 0 Å². The Bertz CT molecular complexity index is 473. The minimum Gasteiger partial charge on any atom is -0.491 e. The summed E-state index contributed by atoms with van der Waals surface area (Å²) in [5.74, 6) is 0.803. The minimum atomic E-state index is -0.518. The molecule has 0 spiro atoms. The van der Waals surface area contributed by atoms with Crippen molar-refractivity contribution in [2.45, 2.75) is 32.4 Å². The molecule has 1 atom stereocenters. The van der Waals surface area contributed by atoms with Crippen molar-refractivity contribution in [1.82, 2.24) is 10.2 Å². The second-order valence-corrected chi connectivity index (χ2v) is 6.82. The number of aliphatic hydroxyl groups excluding tert-OH is 1. The van der Waals surface area contributed by atoms with Gasteiger partial charge < -0.3 is 19.9 Å². The van der Waals surface area contributed by atoms with Crippen LogP contribution < -0.4 is 10.1 Å². The van der Waals surface area contributed by atoms with Gasteiger partial charge in [0.1, 0.15) is 18.5 Å². The van der Waals surface area contributed by atoms with Crippen LogP contribution in [0, 0.1) is 6.92 Å². The average molecular weight is 322 g/mol. The summed E-state index contributed by atoms with van der Waals surface area (Å²) in [6.07, 6.45) is -0.518. The number of nitrogens with zero attached hydrogens (tertiary/aromatic N) is 1. The maximum Gasteiger partial charge on any atom is 0.119 e. The van der Waals surface area contributed by atoms with Crippen LogP contribution in [0.4, 0.5) is 0 Å². The zero-order valence-corrected chi connectivity index (χ0v) is 14.5. The summed E-state index contributed by atoms with van der Waals surface area (Å²) in [5.41, 5.74) is 1.21. The zero-order chi connectivity index (χ0) is 16.7. The highest BCUT2D eigenvalue weighted by molar-refractivity contribution is 5.27. The summed E-state index contributed by atoms with van der Waals surface area (Å²) in [6, 6.07) is 7.87. The monoisotopic (exact) mass is 322 g/mol. The van der Waals surface area contributed by atoms with Gasteiger partial charge in [0.25, 0.3) is 0 Å². The van der Waals surface area contributed by atoms with Crippen molar-refractivity contribution in [2.24, 2.45) is 0 Å². The molecule has 1 aromatic rings. The molecule has 0 bridgehead atoms. The van der Waals surface area contributed by atoms with Gasteiger partial charge in [-0.15, -0.1) is 0 Å². The molecule has 1 aliphatic rings. The Morgan fingerprint density at radius 1 is 1.35 bits per heavy atom. The molecule has 0 saturated carbocycles. The van der Waals surface area contributed by atoms with Gasteiger partial charge in [-0.1, -0.05) is 12.1 Å². The van der Waals surface area contributed by atoms with Crippen LogP contribution in [0.5, 0.6) is 5.75 Å². The Morgan fingerprint density at radius 2 is 2.09 bits per heavy atom. The molecule has 5 nitrogen and oxygen atoms in total. The lowest BCUT2D eigenvalue weighted by molar-refractivity contribution is -0.0107. The van der Waals surface area contributed by atoms with Gasteiger partial charge in [0.15, 0.2) is 0 Å². The van der Waals surface area contributed by atoms with Crippen LogP contribution >= 0.6 is 0 Å². The molecule has 130 valence electrons. The van der Waals surface area contributed by atoms with E-state index in [1.807, 2.05) is 31.2 Å². The van der Waals surface area contributed by atoms with Crippen molar-refractivity contribution in [1.29, 1.82) is 0 Å². The highest BCUT2D eigenvalue weighted by Crippen LogP contribution is 2.15. The molecule has 2 rings (SSSR count). The standard InChI is InChI=1S/C18H30N2O3/c1-15-5-4-6-17(11-15)23-13-16(21)12-19-14-18(2,3)20-7-9-22-10-8-20/h4-6,11,16,19,21H,7-10,12-14H2,1-3H3/t16-/m1/s1. The maximum atomic E-state index is 10.1. The number of morpholine rings is 1. The van der Waals surface area contributed by atoms with E-state index in [0.29, 0.717) is 13.2 Å². The lowest BCUT2D eigenvalue weighted by Gasteiger charge is -2.41. The molecule has 0 aliphatic carbocycles. The van der Waals surface area contributed by atoms with Gasteiger partial charge >= 0.3 is 0 Å². The molecular weight excluding hydrogens is 292 g/mol. The highest BCUT2D eigenvalue weighted by atomic mass is 16.5. The number of nitrogens with one attached hydrogen (secondary N) is 1. The Morgan fingerprint density at radius 3 is 2.78 bits per heavy atom. The topological polar surface area (TPSA) is 54.0 Å². The van der Waals surface area contributed by atoms with E-state index in [1.165, 1.54) is 0 Å². The largest absolute Gasteiger partial charge is 0.491 e. The SMILES string of the molecule is Cc1cccc(OC[C@H](O)CNCC(C)(C)N2CCOCC2)c1. The first-order valence-electron chi connectivity index (χ1n) is 8.38. The van der Waals surface area contributed by atoms with Crippen LogP contribution in [0.3, 0.4) is 0 Å². The van der Waals surface area contributed by atoms with E-state index in [0.717, 1.165) is 44.2 Å². The Labute approximate surface area is 139 Å². The first kappa shape index (κ1) is 18.2. The van der Waals surface area contributed by atoms with Crippen molar-refractivity contribution >= 4 is 0 Å². The number of hydrogen-bond donors (Lipinski definition) is 2. The lowest BCUT2D eigenvalue weighted by Crippen LogP contribution is -2.55. The van der Waals surface area contributed by atoms with Crippen LogP contribution in [-0.4, -0.2) is 67.6 Å². The fraction of sp³-hybridized carbons (Fsp3) is 0.667. The first-order chi connectivity index (χ1) is 11.0. The van der Waals surface area contributed by atoms with E-state index in [2.05, 4.69) is 24.1 Å². The molecule has 1 fully saturated rings. The Hall–Kier alpha value is -1.14. The van der Waals surface area contributed by atoms with Crippen molar-refractivity contribution in [3.05, 3.63) is 29.8 Å². The molecule has 0 radical (unpaired) electrons. The van der Waals surface area contributed by atoms with Crippen LogP contribution in [0.25, 0.3) is 0 Å². The van der Waals surface area contributed by atoms with Gasteiger partial charge in [-0.2, -0.15) is 0 Å². The molecule has 23 heavy (non-hydrogen) atoms. The normalized spacial score (nSPS) is 17.9. The number of aliphatic hydroxyl groups is 1. The third-order valence-electron chi connectivity index (χ3n) is 4.24. The van der Waals surface area contributed by atoms with Crippen molar-refractivity contribution in [3.8, 4) is 5.75 Å². The van der Waals surface area contributed by atoms with Crippen molar-refractivity contribution in [2.75, 3.05) is 46.0 Å². The third-order valence-corrected chi connectivity index (χ3v) is 4.24. The molecule has 1 saturated heterocycles. The first-order valence-corrected chi connectivity index (χ1v) is 8.38. The molecule has 5 heteroatoms. The van der Waals surface area contributed by atoms with Crippen LogP contribution in [0.2, 0.25) is 0 Å². The summed E-state index contributed by atoms with van der Waals surface area (Å²) < 4.78 is 11.0. The van der Waals surface area contributed by atoms with Crippen LogP contribution in [-0.2, 0) is 4.74 Å². The van der Waals surface area contributed by atoms with E-state index in [-0.39, 0.29) is 5.54 Å². The summed E-state index contributed by atoms with van der Waals surface area (Å²) in [7, 11) is 0. The van der Waals surface area contributed by atoms with Gasteiger partial charge in [-0.05, 0) is 38.5 Å². The lowest BCUT2D eigenvalue weighted by atomic mass is 10.0. The van der Waals surface area contributed by atoms with Crippen LogP contribution in [0.15, 0.2) is 24.3 Å². The summed E-state index contributed by atoms with van der Waals surface area (Å²) in [5, 5.41) is 13.4. The quantitative estimate of drug-likeness (QED) is 0.758. The Balaban J connectivity index is 1.66. The number of ether oxygens (including phenoxy) is 2. The average Bonchev–Trinajstić information content (AvgIpc) is 2.54. The van der Waals surface area contributed by atoms with E-state index in [9.17, 15) is 5.11 Å². The van der Waals surface area contributed by atoms with E-state index >= 15 is 0 Å². The van der Waals surface area contributed by atoms with Gasteiger partial charge in [0, 0.05) is 31.7 Å². The fourth-order valence-electron chi connectivity index (χ4n) is 2.78. The number of hydrogen-bond acceptors (Lipinski definition) is 5. The second-order valence-electron chi connectivity index (χ2n) is 6.82. The molecule has 2 N–H and O–H groups in total. The molecule has 1 heterocycles. The molecule has 1 aromatic carbocycles. The smallest absolute Gasteiger partial charge is 0.119 e. The van der Waals surface area contributed by atoms with Crippen molar-refractivity contribution < 1.29 is 14.6 Å². The minimum absolute atomic E-state index is 0.0564. The number of rotatable bonds is 8. The van der Waals surface area contributed by atoms with Gasteiger partial charge in [0.05, 0.1) is 13.2 Å². The zero-order valence-electron chi connectivity index (χ0n) is 14.5. The summed E-state index contributed by atoms with van der Waals surface area (Å²) >= 11 is 0. The fourth-order valence-corrected chi connectivity index (χ4v) is 2.78. The third kappa shape index (κ3) is 6.11. The molecule has 1 aliphatic heterocycles. The molecular formula is C18H30N2O3. The van der Waals surface area contributed by atoms with E-state index < -0.39 is 6.10 Å². The van der Waals surface area contributed by atoms with E-state index in [1.54, 1.807) is 0 Å². The van der Waals surface area contributed by atoms with Crippen LogP contribution in [0.1, 0.15) is 19.4 Å². The Kier molecular flexibility index (Phi) is 6.84. The van der Waals surface area contributed by atoms with Gasteiger partial charge in [-0.3, -0.25) is 4.90 Å². The molecule has 0 aromatic heterocycles. The molecule has 0 unspecified atom stereocenters. The number of aryl methyl sites for hydroxylation is 1. The summed E-state index contributed by atoms with van der Waals surface area (Å²) in [4.78, 5) is 2.43. The highest BCUT2D eigenvalue weighted by Gasteiger charge is 2.27. The predicted octanol–water partition coefficient (Wildman–Crippen LogP) is 1.44. The van der Waals surface area contributed by atoms with Gasteiger partial charge in [0.2, 0.25) is 0 Å². The van der Waals surface area contributed by atoms with Crippen molar-refractivity contribution in [3.63, 3.8) is 0 Å².